The summed E-state index contributed by atoms with van der Waals surface area (Å²) in [5.41, 5.74) is 4.90. The van der Waals surface area contributed by atoms with Crippen LogP contribution in [0.2, 0.25) is 0 Å². The van der Waals surface area contributed by atoms with E-state index in [0.29, 0.717) is 3.94 Å². The number of halogens is 3. The van der Waals surface area contributed by atoms with Gasteiger partial charge in [-0.15, -0.1) is 4.51 Å². The molecule has 2 N–H and O–H groups in total. The summed E-state index contributed by atoms with van der Waals surface area (Å²) in [5, 5.41) is 0. The first-order valence-corrected chi connectivity index (χ1v) is 2.26. The highest BCUT2D eigenvalue weighted by molar-refractivity contribution is 6.42. The molecule has 0 aliphatic rings. The lowest BCUT2D eigenvalue weighted by Gasteiger charge is -1.97. The lowest BCUT2D eigenvalue weighted by molar-refractivity contribution is 1.05. The Hall–Kier alpha value is 0.140. The summed E-state index contributed by atoms with van der Waals surface area (Å²) in [6.07, 6.45) is 0. The minimum Gasteiger partial charge on any atom is -0.367 e. The monoisotopic (exact) mass is 161 g/mol. The zero-order valence-corrected chi connectivity index (χ0v) is 5.37. The topological polar surface area (TPSA) is 41.6 Å². The van der Waals surface area contributed by atoms with Gasteiger partial charge in [-0.1, -0.05) is 0 Å². The lowest BCUT2D eigenvalue weighted by Crippen LogP contribution is -2.20. The Morgan fingerprint density at radius 2 is 2.00 bits per heavy atom. The lowest BCUT2D eigenvalue weighted by atomic mass is 11.1. The molecule has 0 atom stereocenters. The molecular weight excluding hydrogens is 160 g/mol. The van der Waals surface area contributed by atoms with Crippen molar-refractivity contribution in [3.05, 3.63) is 0 Å². The van der Waals surface area contributed by atoms with Gasteiger partial charge in [0.15, 0.2) is 0 Å². The molecule has 0 bridgehead atoms. The minimum absolute atomic E-state index is 0.148. The van der Waals surface area contributed by atoms with Crippen molar-refractivity contribution in [2.24, 2.45) is 10.2 Å². The Kier molecular flexibility index (Phi) is 3.25. The Morgan fingerprint density at radius 1 is 1.57 bits per heavy atom. The zero-order chi connectivity index (χ0) is 5.86. The smallest absolute Gasteiger partial charge is 0.239 e. The SMILES string of the molecule is NC(=NCl)N(Cl)Cl. The van der Waals surface area contributed by atoms with Gasteiger partial charge in [-0.25, -0.2) is 0 Å². The molecule has 0 aromatic rings. The number of rotatable bonds is 0. The van der Waals surface area contributed by atoms with Gasteiger partial charge in [-0.3, -0.25) is 0 Å². The number of guanidine groups is 1. The molecule has 0 heterocycles. The first-order valence-electron chi connectivity index (χ1n) is 1.24. The van der Waals surface area contributed by atoms with Crippen LogP contribution < -0.4 is 5.73 Å². The fourth-order valence-corrected chi connectivity index (χ4v) is 0.257. The molecule has 0 aliphatic carbocycles. The average Bonchev–Trinajstić information content (AvgIpc) is 1.65. The standard InChI is InChI=1S/CH2Cl3N3/c2-6-1(5)7(3)4/h(H2,5,6). The number of nitrogens with two attached hydrogens (primary N) is 1. The van der Waals surface area contributed by atoms with E-state index in [2.05, 4.69) is 4.51 Å². The van der Waals surface area contributed by atoms with Gasteiger partial charge < -0.3 is 5.73 Å². The second kappa shape index (κ2) is 3.18. The van der Waals surface area contributed by atoms with Crippen LogP contribution in [0, 0.1) is 0 Å². The summed E-state index contributed by atoms with van der Waals surface area (Å²) in [4.78, 5) is 0. The van der Waals surface area contributed by atoms with E-state index in [1.54, 1.807) is 0 Å². The van der Waals surface area contributed by atoms with Crippen LogP contribution in [0.4, 0.5) is 0 Å². The highest BCUT2D eigenvalue weighted by atomic mass is 35.5. The van der Waals surface area contributed by atoms with E-state index in [1.165, 1.54) is 0 Å². The van der Waals surface area contributed by atoms with Crippen LogP contribution in [0.5, 0.6) is 0 Å². The molecule has 0 aromatic heterocycles. The van der Waals surface area contributed by atoms with E-state index < -0.39 is 0 Å². The maximum atomic E-state index is 4.99. The van der Waals surface area contributed by atoms with Crippen molar-refractivity contribution in [1.82, 2.24) is 3.94 Å². The fraction of sp³-hybridized carbons (Fsp3) is 0. The quantitative estimate of drug-likeness (QED) is 0.329. The van der Waals surface area contributed by atoms with E-state index in [0.717, 1.165) is 0 Å². The molecule has 3 nitrogen and oxygen atoms in total. The highest BCUT2D eigenvalue weighted by Crippen LogP contribution is 1.97. The molecule has 0 fully saturated rings. The van der Waals surface area contributed by atoms with Crippen molar-refractivity contribution in [3.63, 3.8) is 0 Å². The zero-order valence-electron chi connectivity index (χ0n) is 3.11. The molecule has 0 radical (unpaired) electrons. The molecule has 0 aromatic carbocycles. The third kappa shape index (κ3) is 2.79. The van der Waals surface area contributed by atoms with Crippen molar-refractivity contribution in [2.45, 2.75) is 0 Å². The van der Waals surface area contributed by atoms with Gasteiger partial charge in [0.25, 0.3) is 0 Å². The number of nitrogens with zero attached hydrogens (tertiary/aromatic N) is 2. The van der Waals surface area contributed by atoms with Crippen LogP contribution in [0.15, 0.2) is 4.51 Å². The summed E-state index contributed by atoms with van der Waals surface area (Å²) in [6.45, 7) is 0. The highest BCUT2D eigenvalue weighted by Gasteiger charge is 1.95. The molecule has 0 saturated carbocycles. The van der Waals surface area contributed by atoms with Crippen molar-refractivity contribution >= 4 is 41.3 Å². The van der Waals surface area contributed by atoms with Gasteiger partial charge in [0, 0.05) is 35.3 Å². The van der Waals surface area contributed by atoms with Crippen molar-refractivity contribution < 1.29 is 0 Å². The van der Waals surface area contributed by atoms with E-state index in [1.807, 2.05) is 0 Å². The number of hydrogen-bond acceptors (Lipinski definition) is 1. The van der Waals surface area contributed by atoms with Gasteiger partial charge in [0.2, 0.25) is 5.96 Å². The molecule has 0 aliphatic heterocycles. The Labute approximate surface area is 56.0 Å². The molecule has 0 unspecified atom stereocenters. The van der Waals surface area contributed by atoms with E-state index in [9.17, 15) is 0 Å². The maximum absolute atomic E-state index is 4.99. The molecule has 7 heavy (non-hydrogen) atoms. The molecule has 42 valence electrons. The Bertz CT molecular complexity index is 78.2. The maximum Gasteiger partial charge on any atom is 0.239 e. The first-order chi connectivity index (χ1) is 3.18. The van der Waals surface area contributed by atoms with Crippen LogP contribution in [0.1, 0.15) is 0 Å². The molecule has 0 spiro atoms. The van der Waals surface area contributed by atoms with Gasteiger partial charge in [-0.05, 0) is 0 Å². The van der Waals surface area contributed by atoms with E-state index >= 15 is 0 Å². The molecule has 0 amide bonds. The van der Waals surface area contributed by atoms with Crippen LogP contribution >= 0.6 is 35.3 Å². The van der Waals surface area contributed by atoms with Gasteiger partial charge in [-0.2, -0.15) is 3.94 Å². The predicted molar refractivity (Wildman–Crippen MR) is 31.0 cm³/mol. The van der Waals surface area contributed by atoms with E-state index in [-0.39, 0.29) is 5.96 Å². The van der Waals surface area contributed by atoms with Gasteiger partial charge >= 0.3 is 0 Å². The summed E-state index contributed by atoms with van der Waals surface area (Å²) >= 11 is 14.8. The molecule has 6 heteroatoms. The van der Waals surface area contributed by atoms with Crippen LogP contribution in [0.3, 0.4) is 0 Å². The third-order valence-electron chi connectivity index (χ3n) is 0.260. The fourth-order valence-electron chi connectivity index (χ4n) is 0.0286. The van der Waals surface area contributed by atoms with Crippen LogP contribution in [-0.4, -0.2) is 9.90 Å². The molecule has 0 saturated heterocycles. The molecular formula is CH2Cl3N3. The van der Waals surface area contributed by atoms with Crippen LogP contribution in [0.25, 0.3) is 0 Å². The Balaban J connectivity index is 3.56. The van der Waals surface area contributed by atoms with Crippen molar-refractivity contribution in [1.29, 1.82) is 0 Å². The van der Waals surface area contributed by atoms with Crippen LogP contribution in [-0.2, 0) is 0 Å². The Morgan fingerprint density at radius 3 is 2.00 bits per heavy atom. The second-order valence-corrected chi connectivity index (χ2v) is 1.69. The summed E-state index contributed by atoms with van der Waals surface area (Å²) in [5.74, 6) is -0.148. The van der Waals surface area contributed by atoms with Gasteiger partial charge in [0.05, 0.1) is 0 Å². The van der Waals surface area contributed by atoms with Gasteiger partial charge in [0.1, 0.15) is 0 Å². The predicted octanol–water partition coefficient (Wildman–Crippen LogP) is 1.06. The number of hydrogen-bond donors (Lipinski definition) is 1. The second-order valence-electron chi connectivity index (χ2n) is 0.676. The summed E-state index contributed by atoms with van der Waals surface area (Å²) in [7, 11) is 0. The normalized spacial score (nSPS) is 11.6. The van der Waals surface area contributed by atoms with Crippen molar-refractivity contribution in [3.8, 4) is 0 Å². The van der Waals surface area contributed by atoms with E-state index in [4.69, 9.17) is 41.1 Å². The minimum atomic E-state index is -0.148. The van der Waals surface area contributed by atoms with Crippen molar-refractivity contribution in [2.75, 3.05) is 0 Å². The summed E-state index contributed by atoms with van der Waals surface area (Å²) in [6, 6.07) is 0. The largest absolute Gasteiger partial charge is 0.367 e. The third-order valence-corrected chi connectivity index (χ3v) is 0.779. The average molecular weight is 162 g/mol. The summed E-state index contributed by atoms with van der Waals surface area (Å²) < 4.78 is 3.48. The first kappa shape index (κ1) is 7.14. The molecule has 0 rings (SSSR count).